The van der Waals surface area contributed by atoms with Crippen molar-refractivity contribution in [3.05, 3.63) is 73.2 Å². The van der Waals surface area contributed by atoms with Gasteiger partial charge < -0.3 is 25.8 Å². The molecule has 4 aromatic rings. The van der Waals surface area contributed by atoms with E-state index in [1.165, 1.54) is 11.8 Å². The fourth-order valence-corrected chi connectivity index (χ4v) is 4.20. The van der Waals surface area contributed by atoms with Gasteiger partial charge in [-0.3, -0.25) is 14.8 Å². The van der Waals surface area contributed by atoms with Gasteiger partial charge in [-0.05, 0) is 56.6 Å². The lowest BCUT2D eigenvalue weighted by atomic mass is 10.1. The molecule has 4 heterocycles. The number of aromatic nitrogens is 4. The van der Waals surface area contributed by atoms with Crippen LogP contribution in [0.25, 0.3) is 22.3 Å². The Morgan fingerprint density at radius 1 is 1.03 bits per heavy atom. The molecule has 0 aliphatic carbocycles. The fraction of sp³-hybridized carbons (Fsp3) is 0.250. The molecular formula is C28H31N9O. The van der Waals surface area contributed by atoms with Crippen molar-refractivity contribution in [2.45, 2.75) is 0 Å². The normalized spacial score (nSPS) is 13.8. The summed E-state index contributed by atoms with van der Waals surface area (Å²) in [4.78, 5) is 34.9. The van der Waals surface area contributed by atoms with E-state index in [0.717, 1.165) is 37.3 Å². The van der Waals surface area contributed by atoms with E-state index in [1.807, 2.05) is 43.3 Å². The number of fused-ring (bicyclic) bond motifs is 1. The van der Waals surface area contributed by atoms with Gasteiger partial charge in [0.15, 0.2) is 0 Å². The second-order valence-electron chi connectivity index (χ2n) is 9.28. The number of piperazine rings is 1. The molecule has 1 saturated heterocycles. The van der Waals surface area contributed by atoms with E-state index >= 15 is 0 Å². The summed E-state index contributed by atoms with van der Waals surface area (Å²) >= 11 is 0. The summed E-state index contributed by atoms with van der Waals surface area (Å²) < 4.78 is 0. The molecule has 1 aromatic carbocycles. The van der Waals surface area contributed by atoms with E-state index in [2.05, 4.69) is 47.9 Å². The lowest BCUT2D eigenvalue weighted by molar-refractivity contribution is -0.111. The minimum atomic E-state index is -0.202. The lowest BCUT2D eigenvalue weighted by Crippen LogP contribution is -2.43. The molecular weight excluding hydrogens is 478 g/mol. The summed E-state index contributed by atoms with van der Waals surface area (Å²) in [5.74, 6) is 0.267. The summed E-state index contributed by atoms with van der Waals surface area (Å²) in [6, 6.07) is 13.7. The summed E-state index contributed by atoms with van der Waals surface area (Å²) in [7, 11) is 3.90. The van der Waals surface area contributed by atoms with Crippen LogP contribution in [0.4, 0.5) is 23.0 Å². The smallest absolute Gasteiger partial charge is 0.248 e. The highest BCUT2D eigenvalue weighted by Gasteiger charge is 2.13. The van der Waals surface area contributed by atoms with Gasteiger partial charge in [0.05, 0.1) is 5.69 Å². The van der Waals surface area contributed by atoms with Crippen LogP contribution in [0, 0.1) is 0 Å². The molecule has 0 saturated carbocycles. The molecule has 0 spiro atoms. The average Bonchev–Trinajstić information content (AvgIpc) is 2.93. The molecule has 38 heavy (non-hydrogen) atoms. The molecule has 10 heteroatoms. The highest BCUT2D eigenvalue weighted by atomic mass is 16.1. The third kappa shape index (κ3) is 6.28. The molecule has 1 amide bonds. The maximum Gasteiger partial charge on any atom is 0.248 e. The Morgan fingerprint density at radius 3 is 2.61 bits per heavy atom. The first kappa shape index (κ1) is 25.2. The number of nitrogens with one attached hydrogen (secondary N) is 3. The van der Waals surface area contributed by atoms with E-state index in [-0.39, 0.29) is 5.91 Å². The minimum absolute atomic E-state index is 0.202. The van der Waals surface area contributed by atoms with Crippen molar-refractivity contribution in [3.8, 4) is 11.4 Å². The van der Waals surface area contributed by atoms with Crippen molar-refractivity contribution in [3.63, 3.8) is 0 Å². The number of rotatable bonds is 8. The predicted octanol–water partition coefficient (Wildman–Crippen LogP) is 3.30. The number of hydrogen-bond donors (Lipinski definition) is 3. The first-order valence-corrected chi connectivity index (χ1v) is 12.6. The maximum absolute atomic E-state index is 12.3. The third-order valence-electron chi connectivity index (χ3n) is 6.11. The number of likely N-dealkylation sites (N-methyl/N-ethyl adjacent to an activating group) is 1. The quantitative estimate of drug-likeness (QED) is 0.308. The zero-order chi connectivity index (χ0) is 26.3. The number of nitrogens with zero attached hydrogens (tertiary/aromatic N) is 6. The minimum Gasteiger partial charge on any atom is -0.369 e. The Balaban J connectivity index is 1.35. The molecule has 1 aliphatic rings. The van der Waals surface area contributed by atoms with Gasteiger partial charge in [0.25, 0.3) is 0 Å². The highest BCUT2D eigenvalue weighted by molar-refractivity contribution is 6.00. The number of benzene rings is 1. The van der Waals surface area contributed by atoms with Crippen molar-refractivity contribution in [2.24, 2.45) is 0 Å². The van der Waals surface area contributed by atoms with Gasteiger partial charge in [-0.1, -0.05) is 6.08 Å². The first-order valence-electron chi connectivity index (χ1n) is 12.6. The fourth-order valence-electron chi connectivity index (χ4n) is 4.20. The SMILES string of the molecule is CN(C)C/C=C/C(=O)Nc1ccnc(-c2nccc3cnc(Nc4ccc(N5CCNCC5)cc4)nc23)c1. The number of pyridine rings is 2. The number of anilines is 4. The van der Waals surface area contributed by atoms with Crippen LogP contribution < -0.4 is 20.9 Å². The molecule has 0 unspecified atom stereocenters. The molecule has 3 N–H and O–H groups in total. The summed E-state index contributed by atoms with van der Waals surface area (Å²) in [6.07, 6.45) is 8.47. The Morgan fingerprint density at radius 2 is 1.82 bits per heavy atom. The van der Waals surface area contributed by atoms with Crippen molar-refractivity contribution in [1.29, 1.82) is 0 Å². The van der Waals surface area contributed by atoms with Crippen LogP contribution in [0.3, 0.4) is 0 Å². The van der Waals surface area contributed by atoms with E-state index < -0.39 is 0 Å². The molecule has 3 aromatic heterocycles. The van der Waals surface area contributed by atoms with Crippen molar-refractivity contribution in [2.75, 3.05) is 62.4 Å². The van der Waals surface area contributed by atoms with E-state index in [9.17, 15) is 4.79 Å². The van der Waals surface area contributed by atoms with Crippen molar-refractivity contribution in [1.82, 2.24) is 30.2 Å². The number of amides is 1. The van der Waals surface area contributed by atoms with Gasteiger partial charge >= 0.3 is 0 Å². The highest BCUT2D eigenvalue weighted by Crippen LogP contribution is 2.27. The second kappa shape index (κ2) is 11.8. The lowest BCUT2D eigenvalue weighted by Gasteiger charge is -2.29. The van der Waals surface area contributed by atoms with Crippen LogP contribution in [-0.2, 0) is 4.79 Å². The van der Waals surface area contributed by atoms with Crippen molar-refractivity contribution >= 4 is 39.8 Å². The molecule has 0 atom stereocenters. The Hall–Kier alpha value is -4.41. The van der Waals surface area contributed by atoms with Crippen molar-refractivity contribution < 1.29 is 4.79 Å². The molecule has 1 aliphatic heterocycles. The van der Waals surface area contributed by atoms with Gasteiger partial charge in [-0.2, -0.15) is 0 Å². The van der Waals surface area contributed by atoms with Gasteiger partial charge in [0.1, 0.15) is 11.2 Å². The van der Waals surface area contributed by atoms with Crippen LogP contribution >= 0.6 is 0 Å². The largest absolute Gasteiger partial charge is 0.369 e. The molecule has 1 fully saturated rings. The van der Waals surface area contributed by atoms with Crippen LogP contribution in [0.2, 0.25) is 0 Å². The second-order valence-corrected chi connectivity index (χ2v) is 9.28. The standard InChI is InChI=1S/C28H31N9O/c1-36(2)15-3-4-25(38)33-22-10-12-30-24(18-22)27-26-20(9-11-31-27)19-32-28(35-26)34-21-5-7-23(8-6-21)37-16-13-29-14-17-37/h3-12,18-19,29H,13-17H2,1-2H3,(H,30,33,38)(H,32,34,35)/b4-3+. The summed E-state index contributed by atoms with van der Waals surface area (Å²) in [5, 5.41) is 10.4. The molecule has 0 bridgehead atoms. The summed E-state index contributed by atoms with van der Waals surface area (Å²) in [5.41, 5.74) is 4.62. The Labute approximate surface area is 221 Å². The molecule has 194 valence electrons. The van der Waals surface area contributed by atoms with Gasteiger partial charge in [-0.25, -0.2) is 9.97 Å². The number of carbonyl (C=O) groups excluding carboxylic acids is 1. The topological polar surface area (TPSA) is 111 Å². The maximum atomic E-state index is 12.3. The zero-order valence-corrected chi connectivity index (χ0v) is 21.6. The van der Waals surface area contributed by atoms with Crippen LogP contribution in [-0.4, -0.2) is 77.6 Å². The monoisotopic (exact) mass is 509 g/mol. The third-order valence-corrected chi connectivity index (χ3v) is 6.11. The Bertz CT molecular complexity index is 1430. The van der Waals surface area contributed by atoms with Gasteiger partial charge in [-0.15, -0.1) is 0 Å². The molecule has 5 rings (SSSR count). The zero-order valence-electron chi connectivity index (χ0n) is 21.6. The number of hydrogen-bond acceptors (Lipinski definition) is 9. The van der Waals surface area contributed by atoms with Crippen LogP contribution in [0.5, 0.6) is 0 Å². The molecule has 0 radical (unpaired) electrons. The molecule has 10 nitrogen and oxygen atoms in total. The summed E-state index contributed by atoms with van der Waals surface area (Å²) in [6.45, 7) is 4.69. The van der Waals surface area contributed by atoms with Gasteiger partial charge in [0.2, 0.25) is 11.9 Å². The average molecular weight is 510 g/mol. The van der Waals surface area contributed by atoms with Crippen LogP contribution in [0.15, 0.2) is 73.2 Å². The number of carbonyl (C=O) groups is 1. The van der Waals surface area contributed by atoms with Crippen LogP contribution in [0.1, 0.15) is 0 Å². The first-order chi connectivity index (χ1) is 18.5. The van der Waals surface area contributed by atoms with E-state index in [4.69, 9.17) is 4.98 Å². The van der Waals surface area contributed by atoms with Gasteiger partial charge in [0, 0.05) is 79.8 Å². The Kier molecular flexibility index (Phi) is 7.81. The predicted molar refractivity (Wildman–Crippen MR) is 152 cm³/mol. The van der Waals surface area contributed by atoms with E-state index in [0.29, 0.717) is 35.1 Å². The van der Waals surface area contributed by atoms with E-state index in [1.54, 1.807) is 30.7 Å².